The van der Waals surface area contributed by atoms with Crippen molar-refractivity contribution in [2.45, 2.75) is 60.3 Å². The fourth-order valence-corrected chi connectivity index (χ4v) is 3.67. The van der Waals surface area contributed by atoms with Crippen molar-refractivity contribution in [2.75, 3.05) is 0 Å². The van der Waals surface area contributed by atoms with Gasteiger partial charge in [-0.1, -0.05) is 41.5 Å². The second-order valence-corrected chi connectivity index (χ2v) is 7.59. The first-order valence-corrected chi connectivity index (χ1v) is 5.79. The summed E-state index contributed by atoms with van der Waals surface area (Å²) in [6, 6.07) is 0. The van der Waals surface area contributed by atoms with Crippen LogP contribution in [0.1, 0.15) is 54.4 Å². The summed E-state index contributed by atoms with van der Waals surface area (Å²) in [5, 5.41) is 0. The van der Waals surface area contributed by atoms with E-state index in [4.69, 9.17) is 0 Å². The average molecular weight is 216 g/mol. The molecule has 0 unspecified atom stereocenters. The molecule has 0 radical (unpaired) electrons. The summed E-state index contributed by atoms with van der Waals surface area (Å²) in [6.07, 6.45) is 1.42. The highest BCUT2D eigenvalue weighted by atomic mass is 19.3. The van der Waals surface area contributed by atoms with E-state index in [1.165, 1.54) is 0 Å². The molecule has 0 aromatic carbocycles. The Kier molecular flexibility index (Phi) is 1.71. The summed E-state index contributed by atoms with van der Waals surface area (Å²) >= 11 is 0. The first kappa shape index (κ1) is 11.3. The summed E-state index contributed by atoms with van der Waals surface area (Å²) < 4.78 is 28.6. The van der Waals surface area contributed by atoms with E-state index < -0.39 is 16.8 Å². The lowest BCUT2D eigenvalue weighted by atomic mass is 9.22. The van der Waals surface area contributed by atoms with Crippen molar-refractivity contribution < 1.29 is 8.78 Å². The summed E-state index contributed by atoms with van der Waals surface area (Å²) in [7, 11) is 0. The molecule has 2 heteroatoms. The molecule has 3 aliphatic rings. The van der Waals surface area contributed by atoms with Crippen molar-refractivity contribution in [1.82, 2.24) is 0 Å². The van der Waals surface area contributed by atoms with Crippen LogP contribution in [0, 0.1) is 21.7 Å². The topological polar surface area (TPSA) is 0 Å². The molecule has 0 aromatic heterocycles. The van der Waals surface area contributed by atoms with Crippen LogP contribution in [0.5, 0.6) is 0 Å². The van der Waals surface area contributed by atoms with E-state index in [1.54, 1.807) is 0 Å². The molecule has 0 N–H and O–H groups in total. The highest BCUT2D eigenvalue weighted by molar-refractivity contribution is 5.34. The molecule has 3 saturated carbocycles. The van der Waals surface area contributed by atoms with Crippen molar-refractivity contribution in [2.24, 2.45) is 21.7 Å². The van der Waals surface area contributed by atoms with Crippen LogP contribution in [0.25, 0.3) is 0 Å². The third-order valence-electron chi connectivity index (χ3n) is 5.28. The van der Waals surface area contributed by atoms with Crippen LogP contribution in [0.2, 0.25) is 0 Å². The Balaban J connectivity index is 2.34. The van der Waals surface area contributed by atoms with Crippen molar-refractivity contribution in [3.8, 4) is 0 Å². The summed E-state index contributed by atoms with van der Waals surface area (Å²) in [6.45, 7) is 11.7. The molecular weight excluding hydrogens is 194 g/mol. The Morgan fingerprint density at radius 3 is 1.13 bits per heavy atom. The predicted molar refractivity (Wildman–Crippen MR) is 58.0 cm³/mol. The zero-order chi connectivity index (χ0) is 11.9. The molecule has 0 nitrogen and oxygen atoms in total. The van der Waals surface area contributed by atoms with E-state index in [1.807, 2.05) is 41.5 Å². The third-order valence-corrected chi connectivity index (χ3v) is 5.28. The molecule has 2 bridgehead atoms. The maximum Gasteiger partial charge on any atom is 0.260 e. The smallest absolute Gasteiger partial charge is 0.206 e. The zero-order valence-corrected chi connectivity index (χ0v) is 10.7. The Morgan fingerprint density at radius 2 is 1.00 bits per heavy atom. The first-order valence-electron chi connectivity index (χ1n) is 5.79. The maximum absolute atomic E-state index is 14.3. The van der Waals surface area contributed by atoms with Crippen LogP contribution in [0.4, 0.5) is 8.78 Å². The lowest BCUT2D eigenvalue weighted by Gasteiger charge is -2.83. The quantitative estimate of drug-likeness (QED) is 0.559. The van der Waals surface area contributed by atoms with Gasteiger partial charge in [0.25, 0.3) is 5.92 Å². The molecule has 3 aliphatic carbocycles. The number of hydrogen-bond acceptors (Lipinski definition) is 0. The largest absolute Gasteiger partial charge is 0.260 e. The van der Waals surface area contributed by atoms with Gasteiger partial charge in [0.15, 0.2) is 0 Å². The Hall–Kier alpha value is -0.140. The molecule has 0 saturated heterocycles. The summed E-state index contributed by atoms with van der Waals surface area (Å²) in [4.78, 5) is 0. The van der Waals surface area contributed by atoms with E-state index in [-0.39, 0.29) is 10.8 Å². The van der Waals surface area contributed by atoms with Gasteiger partial charge in [-0.3, -0.25) is 0 Å². The van der Waals surface area contributed by atoms with Gasteiger partial charge in [0.2, 0.25) is 0 Å². The fourth-order valence-electron chi connectivity index (χ4n) is 3.67. The Bertz CT molecular complexity index is 267. The molecule has 15 heavy (non-hydrogen) atoms. The van der Waals surface area contributed by atoms with Crippen LogP contribution < -0.4 is 0 Å². The molecule has 0 atom stereocenters. The number of rotatable bonds is 0. The van der Waals surface area contributed by atoms with Gasteiger partial charge in [0, 0.05) is 10.8 Å². The van der Waals surface area contributed by atoms with E-state index in [2.05, 4.69) is 0 Å². The molecule has 0 aromatic rings. The highest BCUT2D eigenvalue weighted by Gasteiger charge is 2.92. The number of hydrogen-bond donors (Lipinski definition) is 0. The number of halogens is 2. The molecule has 0 amide bonds. The molecule has 88 valence electrons. The van der Waals surface area contributed by atoms with E-state index in [0.29, 0.717) is 12.8 Å². The predicted octanol–water partition coefficient (Wildman–Crippen LogP) is 4.49. The van der Waals surface area contributed by atoms with Crippen LogP contribution in [-0.2, 0) is 0 Å². The van der Waals surface area contributed by atoms with E-state index in [9.17, 15) is 8.78 Å². The lowest BCUT2D eigenvalue weighted by molar-refractivity contribution is -0.470. The lowest BCUT2D eigenvalue weighted by Crippen LogP contribution is -2.85. The minimum Gasteiger partial charge on any atom is -0.206 e. The molecule has 3 fully saturated rings. The van der Waals surface area contributed by atoms with Crippen molar-refractivity contribution >= 4 is 0 Å². The van der Waals surface area contributed by atoms with Crippen molar-refractivity contribution in [3.05, 3.63) is 0 Å². The van der Waals surface area contributed by atoms with Gasteiger partial charge in [-0.25, -0.2) is 8.78 Å². The standard InChI is InChI=1S/C13H22F2/c1-9(2,3)11-7-12(8-11,10(4,5)6)13(11,14)15/h7-8H2,1-6H3. The van der Waals surface area contributed by atoms with Gasteiger partial charge in [-0.05, 0) is 23.7 Å². The number of alkyl halides is 2. The molecule has 3 rings (SSSR count). The molecule has 0 heterocycles. The minimum absolute atomic E-state index is 0.274. The van der Waals surface area contributed by atoms with E-state index >= 15 is 0 Å². The fraction of sp³-hybridized carbons (Fsp3) is 1.00. The van der Waals surface area contributed by atoms with Gasteiger partial charge < -0.3 is 0 Å². The van der Waals surface area contributed by atoms with Gasteiger partial charge in [-0.15, -0.1) is 0 Å². The second-order valence-electron chi connectivity index (χ2n) is 7.59. The summed E-state index contributed by atoms with van der Waals surface area (Å²) in [5.74, 6) is -2.46. The molecule has 0 spiro atoms. The van der Waals surface area contributed by atoms with Gasteiger partial charge in [0.1, 0.15) is 0 Å². The zero-order valence-electron chi connectivity index (χ0n) is 10.7. The highest BCUT2D eigenvalue weighted by Crippen LogP contribution is 2.90. The Morgan fingerprint density at radius 1 is 0.733 bits per heavy atom. The van der Waals surface area contributed by atoms with Gasteiger partial charge in [0.05, 0.1) is 0 Å². The van der Waals surface area contributed by atoms with Crippen LogP contribution in [0.3, 0.4) is 0 Å². The SMILES string of the molecule is CC(C)(C)C12CC(C(C)(C)C)(C1)C2(F)F. The second kappa shape index (κ2) is 2.26. The normalized spacial score (nSPS) is 43.2. The van der Waals surface area contributed by atoms with Gasteiger partial charge in [-0.2, -0.15) is 0 Å². The van der Waals surface area contributed by atoms with Crippen LogP contribution in [-0.4, -0.2) is 5.92 Å². The van der Waals surface area contributed by atoms with E-state index in [0.717, 1.165) is 0 Å². The average Bonchev–Trinajstić information content (AvgIpc) is 1.74. The maximum atomic E-state index is 14.3. The monoisotopic (exact) mass is 216 g/mol. The first-order chi connectivity index (χ1) is 6.41. The van der Waals surface area contributed by atoms with Crippen LogP contribution in [0.15, 0.2) is 0 Å². The van der Waals surface area contributed by atoms with Crippen LogP contribution >= 0.6 is 0 Å². The molecule has 0 aliphatic heterocycles. The summed E-state index contributed by atoms with van der Waals surface area (Å²) in [5.41, 5.74) is -1.98. The Labute approximate surface area is 91.4 Å². The molecular formula is C13H22F2. The van der Waals surface area contributed by atoms with Crippen molar-refractivity contribution in [1.29, 1.82) is 0 Å². The minimum atomic E-state index is -2.46. The van der Waals surface area contributed by atoms with Crippen molar-refractivity contribution in [3.63, 3.8) is 0 Å². The third kappa shape index (κ3) is 0.851. The van der Waals surface area contributed by atoms with Gasteiger partial charge >= 0.3 is 0 Å².